The van der Waals surface area contributed by atoms with E-state index in [1.165, 1.54) is 24.3 Å². The predicted octanol–water partition coefficient (Wildman–Crippen LogP) is 2.90. The Kier molecular flexibility index (Phi) is 5.63. The van der Waals surface area contributed by atoms with Crippen LogP contribution in [0.4, 0.5) is 17.3 Å². The molecule has 1 atom stereocenters. The number of imidazole rings is 1. The van der Waals surface area contributed by atoms with Gasteiger partial charge in [0, 0.05) is 38.1 Å². The molecule has 3 aromatic rings. The summed E-state index contributed by atoms with van der Waals surface area (Å²) in [5, 5.41) is 13.5. The van der Waals surface area contributed by atoms with E-state index in [1.54, 1.807) is 16.6 Å². The Morgan fingerprint density at radius 3 is 2.68 bits per heavy atom. The number of ether oxygens (including phenoxy) is 1. The van der Waals surface area contributed by atoms with E-state index in [2.05, 4.69) is 10.3 Å². The molecule has 1 aliphatic rings. The summed E-state index contributed by atoms with van der Waals surface area (Å²) in [6, 6.07) is 12.3. The largest absolute Gasteiger partial charge is 0.385 e. The van der Waals surface area contributed by atoms with Crippen molar-refractivity contribution in [1.29, 1.82) is 0 Å². The molecule has 0 saturated carbocycles. The maximum absolute atomic E-state index is 13.1. The lowest BCUT2D eigenvalue weighted by Crippen LogP contribution is -2.32. The minimum atomic E-state index is -0.719. The first-order valence-corrected chi connectivity index (χ1v) is 9.81. The first kappa shape index (κ1) is 20.5. The molecular weight excluding hydrogens is 402 g/mol. The van der Waals surface area contributed by atoms with E-state index in [1.807, 2.05) is 24.3 Å². The number of nitrogens with one attached hydrogen (secondary N) is 1. The van der Waals surface area contributed by atoms with Crippen LogP contribution in [0.3, 0.4) is 0 Å². The summed E-state index contributed by atoms with van der Waals surface area (Å²) in [5.74, 6) is -0.0340. The highest BCUT2D eigenvalue weighted by atomic mass is 16.6. The quantitative estimate of drug-likeness (QED) is 0.338. The molecule has 1 N–H and O–H groups in total. The number of nitro groups is 1. The molecule has 0 saturated heterocycles. The number of carbonyl (C=O) groups is 2. The van der Waals surface area contributed by atoms with Crippen molar-refractivity contribution in [3.05, 3.63) is 58.6 Å². The number of anilines is 2. The minimum Gasteiger partial charge on any atom is -0.385 e. The van der Waals surface area contributed by atoms with Gasteiger partial charge in [0.15, 0.2) is 0 Å². The number of amides is 2. The predicted molar refractivity (Wildman–Crippen MR) is 114 cm³/mol. The molecule has 10 nitrogen and oxygen atoms in total. The topological polar surface area (TPSA) is 120 Å². The van der Waals surface area contributed by atoms with Gasteiger partial charge in [-0.3, -0.25) is 29.2 Å². The third kappa shape index (κ3) is 3.97. The van der Waals surface area contributed by atoms with Gasteiger partial charge in [0.1, 0.15) is 6.04 Å². The minimum absolute atomic E-state index is 0.0646. The van der Waals surface area contributed by atoms with Crippen LogP contribution in [0.15, 0.2) is 48.5 Å². The Morgan fingerprint density at radius 1 is 1.23 bits per heavy atom. The van der Waals surface area contributed by atoms with E-state index in [9.17, 15) is 19.7 Å². The van der Waals surface area contributed by atoms with Gasteiger partial charge >= 0.3 is 0 Å². The van der Waals surface area contributed by atoms with Crippen LogP contribution in [-0.2, 0) is 14.3 Å². The summed E-state index contributed by atoms with van der Waals surface area (Å²) in [5.41, 5.74) is 1.90. The van der Waals surface area contributed by atoms with Crippen LogP contribution < -0.4 is 10.2 Å². The Balaban J connectivity index is 1.56. The monoisotopic (exact) mass is 423 g/mol. The molecule has 31 heavy (non-hydrogen) atoms. The lowest BCUT2D eigenvalue weighted by Gasteiger charge is -2.15. The number of hydrogen-bond donors (Lipinski definition) is 1. The van der Waals surface area contributed by atoms with Crippen LogP contribution in [-0.4, -0.2) is 46.6 Å². The molecule has 10 heteroatoms. The maximum Gasteiger partial charge on any atom is 0.269 e. The summed E-state index contributed by atoms with van der Waals surface area (Å²) in [6.45, 7) is 0.950. The standard InChI is InChI=1S/C21H21N5O5/c1-31-12-4-11-24-20(28)18(25-17-6-3-2-5-16(17)23-21(24)25)13-19(27)22-14-7-9-15(10-8-14)26(29)30/h2-3,5-10,18H,4,11-13H2,1H3,(H,22,27). The molecule has 2 heterocycles. The van der Waals surface area contributed by atoms with Gasteiger partial charge in [-0.15, -0.1) is 0 Å². The zero-order valence-electron chi connectivity index (χ0n) is 16.9. The number of rotatable bonds is 8. The number of nitro benzene ring substituents is 1. The summed E-state index contributed by atoms with van der Waals surface area (Å²) in [6.07, 6.45) is 0.567. The van der Waals surface area contributed by atoms with Gasteiger partial charge in [0.25, 0.3) is 11.6 Å². The molecule has 1 aliphatic heterocycles. The molecule has 0 spiro atoms. The number of fused-ring (bicyclic) bond motifs is 3. The summed E-state index contributed by atoms with van der Waals surface area (Å²) in [7, 11) is 1.60. The lowest BCUT2D eigenvalue weighted by atomic mass is 10.1. The Labute approximate surface area is 177 Å². The summed E-state index contributed by atoms with van der Waals surface area (Å²) < 4.78 is 6.90. The number of hydrogen-bond acceptors (Lipinski definition) is 6. The van der Waals surface area contributed by atoms with Crippen LogP contribution in [0.2, 0.25) is 0 Å². The SMILES string of the molecule is COCCCN1C(=O)C(CC(=O)Nc2ccc([N+](=O)[O-])cc2)n2c1nc1ccccc12. The molecule has 0 fully saturated rings. The normalized spacial score (nSPS) is 15.3. The van der Waals surface area contributed by atoms with E-state index >= 15 is 0 Å². The molecular formula is C21H21N5O5. The van der Waals surface area contributed by atoms with Crippen LogP contribution >= 0.6 is 0 Å². The highest BCUT2D eigenvalue weighted by Gasteiger charge is 2.40. The molecule has 160 valence electrons. The van der Waals surface area contributed by atoms with Gasteiger partial charge in [-0.25, -0.2) is 4.98 Å². The highest BCUT2D eigenvalue weighted by Crippen LogP contribution is 2.36. The van der Waals surface area contributed by atoms with Gasteiger partial charge < -0.3 is 10.1 Å². The maximum atomic E-state index is 13.1. The van der Waals surface area contributed by atoms with Crippen molar-refractivity contribution in [2.75, 3.05) is 30.5 Å². The average molecular weight is 423 g/mol. The third-order valence-electron chi connectivity index (χ3n) is 5.15. The van der Waals surface area contributed by atoms with Crippen molar-refractivity contribution in [2.24, 2.45) is 0 Å². The molecule has 2 amide bonds. The van der Waals surface area contributed by atoms with Crippen LogP contribution in [0.1, 0.15) is 18.9 Å². The van der Waals surface area contributed by atoms with Crippen molar-refractivity contribution >= 4 is 40.2 Å². The molecule has 0 radical (unpaired) electrons. The summed E-state index contributed by atoms with van der Waals surface area (Å²) in [4.78, 5) is 42.3. The first-order valence-electron chi connectivity index (χ1n) is 9.81. The number of para-hydroxylation sites is 2. The van der Waals surface area contributed by atoms with Gasteiger partial charge in [-0.1, -0.05) is 12.1 Å². The van der Waals surface area contributed by atoms with Crippen molar-refractivity contribution in [3.8, 4) is 0 Å². The van der Waals surface area contributed by atoms with Crippen molar-refractivity contribution in [1.82, 2.24) is 9.55 Å². The molecule has 4 rings (SSSR count). The van der Waals surface area contributed by atoms with Gasteiger partial charge in [0.2, 0.25) is 11.9 Å². The van der Waals surface area contributed by atoms with Gasteiger partial charge in [0.05, 0.1) is 22.4 Å². The second kappa shape index (κ2) is 8.52. The van der Waals surface area contributed by atoms with Crippen LogP contribution in [0.25, 0.3) is 11.0 Å². The molecule has 1 unspecified atom stereocenters. The molecule has 2 aromatic carbocycles. The van der Waals surface area contributed by atoms with Crippen molar-refractivity contribution in [2.45, 2.75) is 18.9 Å². The van der Waals surface area contributed by atoms with E-state index in [4.69, 9.17) is 4.74 Å². The van der Waals surface area contributed by atoms with E-state index < -0.39 is 11.0 Å². The van der Waals surface area contributed by atoms with Crippen LogP contribution in [0, 0.1) is 10.1 Å². The first-order chi connectivity index (χ1) is 15.0. The van der Waals surface area contributed by atoms with E-state index in [0.29, 0.717) is 31.2 Å². The average Bonchev–Trinajstić information content (AvgIpc) is 3.24. The third-order valence-corrected chi connectivity index (χ3v) is 5.15. The summed E-state index contributed by atoms with van der Waals surface area (Å²) >= 11 is 0. The second-order valence-corrected chi connectivity index (χ2v) is 7.18. The fourth-order valence-corrected chi connectivity index (χ4v) is 3.73. The number of benzene rings is 2. The Bertz CT molecular complexity index is 1140. The molecule has 0 aliphatic carbocycles. The molecule has 0 bridgehead atoms. The highest BCUT2D eigenvalue weighted by molar-refractivity contribution is 6.05. The number of non-ortho nitro benzene ring substituents is 1. The zero-order chi connectivity index (χ0) is 22.0. The number of nitrogens with zero attached hydrogens (tertiary/aromatic N) is 4. The molecule has 1 aromatic heterocycles. The van der Waals surface area contributed by atoms with Crippen molar-refractivity contribution in [3.63, 3.8) is 0 Å². The van der Waals surface area contributed by atoms with Crippen LogP contribution in [0.5, 0.6) is 0 Å². The van der Waals surface area contributed by atoms with Gasteiger partial charge in [-0.2, -0.15) is 0 Å². The number of carbonyl (C=O) groups excluding carboxylic acids is 2. The zero-order valence-corrected chi connectivity index (χ0v) is 16.9. The number of methoxy groups -OCH3 is 1. The van der Waals surface area contributed by atoms with Crippen molar-refractivity contribution < 1.29 is 19.2 Å². The fourth-order valence-electron chi connectivity index (χ4n) is 3.73. The second-order valence-electron chi connectivity index (χ2n) is 7.18. The smallest absolute Gasteiger partial charge is 0.269 e. The van der Waals surface area contributed by atoms with E-state index in [-0.39, 0.29) is 23.9 Å². The fraction of sp³-hybridized carbons (Fsp3) is 0.286. The Morgan fingerprint density at radius 2 is 1.97 bits per heavy atom. The lowest BCUT2D eigenvalue weighted by molar-refractivity contribution is -0.384. The van der Waals surface area contributed by atoms with E-state index in [0.717, 1.165) is 11.0 Å². The van der Waals surface area contributed by atoms with Gasteiger partial charge in [-0.05, 0) is 30.7 Å². The Hall–Kier alpha value is -3.79. The number of aromatic nitrogens is 2.